The van der Waals surface area contributed by atoms with Crippen LogP contribution in [0.25, 0.3) is 22.1 Å². The highest BCUT2D eigenvalue weighted by Gasteiger charge is 2.17. The predicted molar refractivity (Wildman–Crippen MR) is 119 cm³/mol. The highest BCUT2D eigenvalue weighted by atomic mass is 16.3. The smallest absolute Gasteiger partial charge is 0.196 e. The number of rotatable bonds is 7. The zero-order valence-electron chi connectivity index (χ0n) is 16.8. The molecule has 0 aliphatic carbocycles. The van der Waals surface area contributed by atoms with E-state index in [9.17, 15) is 0 Å². The van der Waals surface area contributed by atoms with E-state index in [0.717, 1.165) is 53.3 Å². The number of furan rings is 2. The molecule has 5 nitrogen and oxygen atoms in total. The number of nitrogens with one attached hydrogen (secondary N) is 1. The number of anilines is 1. The third-order valence-corrected chi connectivity index (χ3v) is 5.39. The summed E-state index contributed by atoms with van der Waals surface area (Å²) >= 11 is 0. The fourth-order valence-electron chi connectivity index (χ4n) is 3.95. The molecule has 0 saturated carbocycles. The lowest BCUT2D eigenvalue weighted by Gasteiger charge is -2.15. The van der Waals surface area contributed by atoms with Crippen molar-refractivity contribution in [3.63, 3.8) is 0 Å². The molecule has 0 fully saturated rings. The molecule has 5 heteroatoms. The van der Waals surface area contributed by atoms with Gasteiger partial charge in [0.15, 0.2) is 11.4 Å². The highest BCUT2D eigenvalue weighted by Crippen LogP contribution is 2.31. The molecule has 5 rings (SSSR count). The van der Waals surface area contributed by atoms with Crippen LogP contribution in [0.4, 0.5) is 5.82 Å². The Kier molecular flexibility index (Phi) is 4.93. The number of aryl methyl sites for hydroxylation is 1. The lowest BCUT2D eigenvalue weighted by atomic mass is 9.94. The molecule has 0 saturated heterocycles. The van der Waals surface area contributed by atoms with E-state index >= 15 is 0 Å². The number of hydrogen-bond acceptors (Lipinski definition) is 5. The monoisotopic (exact) mass is 397 g/mol. The summed E-state index contributed by atoms with van der Waals surface area (Å²) in [6.45, 7) is 2.66. The first-order valence-electron chi connectivity index (χ1n) is 10.2. The van der Waals surface area contributed by atoms with Gasteiger partial charge in [0.25, 0.3) is 0 Å². The minimum atomic E-state index is 0.281. The summed E-state index contributed by atoms with van der Waals surface area (Å²) in [5.74, 6) is 2.76. The first kappa shape index (κ1) is 18.4. The molecule has 150 valence electrons. The van der Waals surface area contributed by atoms with E-state index in [2.05, 4.69) is 45.6 Å². The summed E-state index contributed by atoms with van der Waals surface area (Å²) in [6.07, 6.45) is 3.58. The summed E-state index contributed by atoms with van der Waals surface area (Å²) in [7, 11) is 0. The van der Waals surface area contributed by atoms with Crippen LogP contribution in [-0.2, 0) is 6.42 Å². The second-order valence-corrected chi connectivity index (χ2v) is 7.51. The van der Waals surface area contributed by atoms with Gasteiger partial charge in [-0.25, -0.2) is 9.97 Å². The van der Waals surface area contributed by atoms with Crippen LogP contribution in [0.3, 0.4) is 0 Å². The summed E-state index contributed by atoms with van der Waals surface area (Å²) in [4.78, 5) is 9.21. The third-order valence-electron chi connectivity index (χ3n) is 5.39. The van der Waals surface area contributed by atoms with Crippen LogP contribution in [0, 0.1) is 6.92 Å². The van der Waals surface area contributed by atoms with Gasteiger partial charge in [0.05, 0.1) is 6.26 Å². The first-order chi connectivity index (χ1) is 14.8. The van der Waals surface area contributed by atoms with E-state index in [1.165, 1.54) is 5.56 Å². The SMILES string of the molecule is Cc1nc(NCC[C@@H](Cc2ccccc2)c2ccco2)c2oc3ccccc3c2n1. The Bertz CT molecular complexity index is 1260. The van der Waals surface area contributed by atoms with E-state index in [1.807, 2.05) is 43.3 Å². The highest BCUT2D eigenvalue weighted by molar-refractivity contribution is 6.05. The molecule has 1 atom stereocenters. The molecule has 0 amide bonds. The Labute approximate surface area is 174 Å². The molecule has 3 aromatic heterocycles. The van der Waals surface area contributed by atoms with E-state index < -0.39 is 0 Å². The third kappa shape index (κ3) is 3.66. The lowest BCUT2D eigenvalue weighted by molar-refractivity contribution is 0.448. The lowest BCUT2D eigenvalue weighted by Crippen LogP contribution is -2.11. The molecule has 0 spiro atoms. The van der Waals surface area contributed by atoms with Crippen molar-refractivity contribution in [2.75, 3.05) is 11.9 Å². The molecule has 0 radical (unpaired) electrons. The average molecular weight is 397 g/mol. The standard InChI is InChI=1S/C25H23N3O2/c1-17-27-23-20-10-5-6-11-22(20)30-24(23)25(28-17)26-14-13-19(21-12-7-15-29-21)16-18-8-3-2-4-9-18/h2-12,15,19H,13-14,16H2,1H3,(H,26,27,28)/t19-/m0/s1. The Hall–Kier alpha value is -3.60. The summed E-state index contributed by atoms with van der Waals surface area (Å²) in [6, 6.07) is 22.5. The van der Waals surface area contributed by atoms with Crippen LogP contribution in [-0.4, -0.2) is 16.5 Å². The maximum atomic E-state index is 6.06. The zero-order valence-corrected chi connectivity index (χ0v) is 16.8. The number of nitrogens with zero attached hydrogens (tertiary/aromatic N) is 2. The zero-order chi connectivity index (χ0) is 20.3. The molecular formula is C25H23N3O2. The maximum Gasteiger partial charge on any atom is 0.196 e. The summed E-state index contributed by atoms with van der Waals surface area (Å²) in [5.41, 5.74) is 3.69. The van der Waals surface area contributed by atoms with Gasteiger partial charge in [-0.2, -0.15) is 0 Å². The molecule has 0 aliphatic heterocycles. The van der Waals surface area contributed by atoms with Gasteiger partial charge < -0.3 is 14.2 Å². The number of benzene rings is 2. The van der Waals surface area contributed by atoms with Gasteiger partial charge in [-0.3, -0.25) is 0 Å². The van der Waals surface area contributed by atoms with Crippen molar-refractivity contribution in [2.45, 2.75) is 25.7 Å². The predicted octanol–water partition coefficient (Wildman–Crippen LogP) is 6.11. The second-order valence-electron chi connectivity index (χ2n) is 7.51. The minimum absolute atomic E-state index is 0.281. The van der Waals surface area contributed by atoms with Gasteiger partial charge in [0.2, 0.25) is 0 Å². The molecule has 0 aliphatic rings. The van der Waals surface area contributed by atoms with Crippen molar-refractivity contribution in [2.24, 2.45) is 0 Å². The van der Waals surface area contributed by atoms with Crippen LogP contribution in [0.5, 0.6) is 0 Å². The topological polar surface area (TPSA) is 64.1 Å². The number of para-hydroxylation sites is 1. The summed E-state index contributed by atoms with van der Waals surface area (Å²) in [5, 5.41) is 4.49. The average Bonchev–Trinajstić information content (AvgIpc) is 3.42. The van der Waals surface area contributed by atoms with Gasteiger partial charge in [-0.1, -0.05) is 42.5 Å². The van der Waals surface area contributed by atoms with E-state index in [1.54, 1.807) is 6.26 Å². The van der Waals surface area contributed by atoms with Crippen molar-refractivity contribution in [1.29, 1.82) is 0 Å². The molecule has 0 unspecified atom stereocenters. The molecule has 0 bridgehead atoms. The molecule has 30 heavy (non-hydrogen) atoms. The molecule has 3 heterocycles. The molecule has 2 aromatic carbocycles. The fraction of sp³-hybridized carbons (Fsp3) is 0.200. The number of fused-ring (bicyclic) bond motifs is 3. The van der Waals surface area contributed by atoms with Crippen molar-refractivity contribution in [3.8, 4) is 0 Å². The second kappa shape index (κ2) is 8.03. The Morgan fingerprint density at radius 2 is 1.77 bits per heavy atom. The van der Waals surface area contributed by atoms with Gasteiger partial charge in [-0.05, 0) is 49.6 Å². The van der Waals surface area contributed by atoms with Crippen LogP contribution >= 0.6 is 0 Å². The number of aromatic nitrogens is 2. The summed E-state index contributed by atoms with van der Waals surface area (Å²) < 4.78 is 11.8. The van der Waals surface area contributed by atoms with Gasteiger partial charge in [0, 0.05) is 17.8 Å². The molecule has 5 aromatic rings. The quantitative estimate of drug-likeness (QED) is 0.359. The van der Waals surface area contributed by atoms with Crippen LogP contribution in [0.1, 0.15) is 29.5 Å². The maximum absolute atomic E-state index is 6.06. The van der Waals surface area contributed by atoms with Crippen molar-refractivity contribution < 1.29 is 8.83 Å². The molecule has 1 N–H and O–H groups in total. The van der Waals surface area contributed by atoms with Gasteiger partial charge in [-0.15, -0.1) is 0 Å². The Morgan fingerprint density at radius 1 is 0.933 bits per heavy atom. The van der Waals surface area contributed by atoms with Crippen LogP contribution < -0.4 is 5.32 Å². The van der Waals surface area contributed by atoms with Crippen LogP contribution in [0.15, 0.2) is 81.8 Å². The first-order valence-corrected chi connectivity index (χ1v) is 10.2. The fourth-order valence-corrected chi connectivity index (χ4v) is 3.95. The van der Waals surface area contributed by atoms with Gasteiger partial charge >= 0.3 is 0 Å². The van der Waals surface area contributed by atoms with Crippen molar-refractivity contribution in [1.82, 2.24) is 9.97 Å². The minimum Gasteiger partial charge on any atom is -0.469 e. The van der Waals surface area contributed by atoms with E-state index in [-0.39, 0.29) is 5.92 Å². The van der Waals surface area contributed by atoms with Crippen LogP contribution in [0.2, 0.25) is 0 Å². The molecular weight excluding hydrogens is 374 g/mol. The normalized spacial score (nSPS) is 12.4. The van der Waals surface area contributed by atoms with Crippen molar-refractivity contribution >= 4 is 27.9 Å². The van der Waals surface area contributed by atoms with Crippen molar-refractivity contribution in [3.05, 3.63) is 90.1 Å². The number of hydrogen-bond donors (Lipinski definition) is 1. The largest absolute Gasteiger partial charge is 0.469 e. The van der Waals surface area contributed by atoms with E-state index in [0.29, 0.717) is 5.58 Å². The van der Waals surface area contributed by atoms with Gasteiger partial charge in [0.1, 0.15) is 22.7 Å². The Balaban J connectivity index is 1.37. The Morgan fingerprint density at radius 3 is 2.60 bits per heavy atom. The van der Waals surface area contributed by atoms with E-state index in [4.69, 9.17) is 8.83 Å².